The lowest BCUT2D eigenvalue weighted by molar-refractivity contribution is -0.274. The average molecular weight is 519 g/mol. The standard InChI is InChI=1S/C24H24F3N5O5/c1-14-9-15(12-28-11-14)13-32-18-19(30(2)21-22(36-21)31(20(18)34)7-4-8-33)29-23(32)35-16-5-3-6-17(10-16)37-24(25,26)27/h3,5-6,9-12,21-22,33H,4,7-8,13H2,1-2H3. The highest BCUT2D eigenvalue weighted by molar-refractivity contribution is 5.99. The third-order valence-electron chi connectivity index (χ3n) is 5.92. The summed E-state index contributed by atoms with van der Waals surface area (Å²) in [6.45, 7) is 2.22. The number of pyridine rings is 1. The highest BCUT2D eigenvalue weighted by Gasteiger charge is 2.54. The number of fused-ring (bicyclic) bond motifs is 2. The van der Waals surface area contributed by atoms with E-state index in [4.69, 9.17) is 9.47 Å². The highest BCUT2D eigenvalue weighted by Crippen LogP contribution is 2.41. The van der Waals surface area contributed by atoms with E-state index >= 15 is 0 Å². The number of carbonyl (C=O) groups is 1. The summed E-state index contributed by atoms with van der Waals surface area (Å²) in [5, 5.41) is 9.32. The quantitative estimate of drug-likeness (QED) is 0.452. The SMILES string of the molecule is Cc1cncc(Cn2c(Oc3cccc(OC(F)(F)F)c3)nc3c2C(=O)N(CCCO)C2OC2N3C)c1. The predicted molar refractivity (Wildman–Crippen MR) is 123 cm³/mol. The largest absolute Gasteiger partial charge is 0.573 e. The molecule has 0 bridgehead atoms. The van der Waals surface area contributed by atoms with Crippen LogP contribution in [0.3, 0.4) is 0 Å². The Morgan fingerprint density at radius 2 is 1.95 bits per heavy atom. The lowest BCUT2D eigenvalue weighted by Gasteiger charge is -2.20. The summed E-state index contributed by atoms with van der Waals surface area (Å²) in [7, 11) is 1.74. The first kappa shape index (κ1) is 24.8. The van der Waals surface area contributed by atoms with Gasteiger partial charge >= 0.3 is 12.4 Å². The van der Waals surface area contributed by atoms with E-state index in [1.165, 1.54) is 17.0 Å². The molecule has 1 aromatic carbocycles. The number of anilines is 1. The van der Waals surface area contributed by atoms with Crippen LogP contribution in [-0.2, 0) is 11.3 Å². The summed E-state index contributed by atoms with van der Waals surface area (Å²) in [5.74, 6) is -0.469. The zero-order valence-corrected chi connectivity index (χ0v) is 20.0. The summed E-state index contributed by atoms with van der Waals surface area (Å²) in [6.07, 6.45) is -2.06. The van der Waals surface area contributed by atoms with Crippen LogP contribution in [-0.4, -0.2) is 69.5 Å². The zero-order chi connectivity index (χ0) is 26.3. The van der Waals surface area contributed by atoms with Crippen LogP contribution in [0, 0.1) is 6.92 Å². The Kier molecular flexibility index (Phi) is 6.42. The number of alkyl halides is 3. The lowest BCUT2D eigenvalue weighted by atomic mass is 10.2. The van der Waals surface area contributed by atoms with E-state index in [0.717, 1.165) is 23.3 Å². The number of halogens is 3. The van der Waals surface area contributed by atoms with Gasteiger partial charge in [-0.05, 0) is 36.6 Å². The van der Waals surface area contributed by atoms with Gasteiger partial charge in [0.2, 0.25) is 0 Å². The molecule has 10 nitrogen and oxygen atoms in total. The van der Waals surface area contributed by atoms with Crippen molar-refractivity contribution < 1.29 is 37.3 Å². The van der Waals surface area contributed by atoms with Gasteiger partial charge in [0.15, 0.2) is 24.0 Å². The minimum atomic E-state index is -4.86. The van der Waals surface area contributed by atoms with Gasteiger partial charge in [-0.1, -0.05) is 12.1 Å². The summed E-state index contributed by atoms with van der Waals surface area (Å²) < 4.78 is 55.4. The second-order valence-electron chi connectivity index (χ2n) is 8.75. The monoisotopic (exact) mass is 519 g/mol. The number of hydrogen-bond acceptors (Lipinski definition) is 8. The van der Waals surface area contributed by atoms with Crippen molar-refractivity contribution in [2.24, 2.45) is 0 Å². The van der Waals surface area contributed by atoms with Gasteiger partial charge in [0.25, 0.3) is 5.91 Å². The fourth-order valence-electron chi connectivity index (χ4n) is 4.28. The Morgan fingerprint density at radius 3 is 2.68 bits per heavy atom. The molecule has 2 aliphatic heterocycles. The number of amides is 1. The first-order valence-electron chi connectivity index (χ1n) is 11.5. The van der Waals surface area contributed by atoms with Crippen molar-refractivity contribution in [2.75, 3.05) is 25.1 Å². The van der Waals surface area contributed by atoms with Crippen LogP contribution < -0.4 is 14.4 Å². The first-order chi connectivity index (χ1) is 17.6. The van der Waals surface area contributed by atoms with Crippen LogP contribution >= 0.6 is 0 Å². The number of likely N-dealkylation sites (N-methyl/N-ethyl adjacent to an activating group) is 1. The molecule has 37 heavy (non-hydrogen) atoms. The van der Waals surface area contributed by atoms with E-state index in [0.29, 0.717) is 12.2 Å². The second-order valence-corrected chi connectivity index (χ2v) is 8.75. The predicted octanol–water partition coefficient (Wildman–Crippen LogP) is 3.28. The first-order valence-corrected chi connectivity index (χ1v) is 11.5. The number of aliphatic hydroxyl groups is 1. The molecule has 2 aromatic heterocycles. The van der Waals surface area contributed by atoms with E-state index in [-0.39, 0.29) is 43.1 Å². The normalized spacial score (nSPS) is 18.8. The number of benzene rings is 1. The second kappa shape index (κ2) is 9.56. The van der Waals surface area contributed by atoms with Gasteiger partial charge in [0, 0.05) is 38.7 Å². The van der Waals surface area contributed by atoms with Crippen molar-refractivity contribution in [1.29, 1.82) is 0 Å². The Labute approximate surface area is 209 Å². The van der Waals surface area contributed by atoms with Gasteiger partial charge in [-0.3, -0.25) is 14.3 Å². The number of ether oxygens (including phenoxy) is 3. The maximum Gasteiger partial charge on any atom is 0.573 e. The molecular weight excluding hydrogens is 495 g/mol. The third kappa shape index (κ3) is 5.18. The molecule has 1 saturated heterocycles. The Hall–Kier alpha value is -3.84. The number of carbonyl (C=O) groups excluding carboxylic acids is 1. The fraction of sp³-hybridized carbons (Fsp3) is 0.375. The van der Waals surface area contributed by atoms with Crippen molar-refractivity contribution in [3.8, 4) is 17.5 Å². The molecule has 2 unspecified atom stereocenters. The zero-order valence-electron chi connectivity index (χ0n) is 20.0. The lowest BCUT2D eigenvalue weighted by Crippen LogP contribution is -2.37. The minimum absolute atomic E-state index is 0.00271. The topological polar surface area (TPSA) is 105 Å². The van der Waals surface area contributed by atoms with Crippen molar-refractivity contribution in [2.45, 2.75) is 38.7 Å². The Morgan fingerprint density at radius 1 is 1.16 bits per heavy atom. The van der Waals surface area contributed by atoms with Crippen LogP contribution in [0.2, 0.25) is 0 Å². The van der Waals surface area contributed by atoms with Gasteiger partial charge in [-0.25, -0.2) is 0 Å². The smallest absolute Gasteiger partial charge is 0.425 e. The Balaban J connectivity index is 1.57. The molecule has 1 N–H and O–H groups in total. The van der Waals surface area contributed by atoms with E-state index in [1.54, 1.807) is 28.9 Å². The maximum atomic E-state index is 13.7. The molecule has 4 heterocycles. The number of rotatable bonds is 8. The van der Waals surface area contributed by atoms with Crippen molar-refractivity contribution >= 4 is 11.7 Å². The van der Waals surface area contributed by atoms with Crippen LogP contribution in [0.15, 0.2) is 42.7 Å². The number of aryl methyl sites for hydroxylation is 1. The average Bonchev–Trinajstić information content (AvgIpc) is 3.55. The van der Waals surface area contributed by atoms with Gasteiger partial charge in [0.1, 0.15) is 11.5 Å². The number of aromatic nitrogens is 3. The van der Waals surface area contributed by atoms with E-state index in [1.807, 2.05) is 13.0 Å². The molecule has 1 fully saturated rings. The molecule has 0 spiro atoms. The van der Waals surface area contributed by atoms with Crippen molar-refractivity contribution in [3.63, 3.8) is 0 Å². The molecule has 2 aliphatic rings. The molecule has 5 rings (SSSR count). The summed E-state index contributed by atoms with van der Waals surface area (Å²) >= 11 is 0. The molecule has 3 aromatic rings. The number of hydrogen-bond donors (Lipinski definition) is 1. The van der Waals surface area contributed by atoms with Crippen LogP contribution in [0.1, 0.15) is 28.0 Å². The van der Waals surface area contributed by atoms with Crippen molar-refractivity contribution in [1.82, 2.24) is 19.4 Å². The number of epoxide rings is 1. The van der Waals surface area contributed by atoms with Crippen LogP contribution in [0.4, 0.5) is 19.0 Å². The summed E-state index contributed by atoms with van der Waals surface area (Å²) in [5.41, 5.74) is 1.91. The van der Waals surface area contributed by atoms with E-state index in [2.05, 4.69) is 14.7 Å². The molecule has 2 atom stereocenters. The van der Waals surface area contributed by atoms with Crippen molar-refractivity contribution in [3.05, 3.63) is 59.5 Å². The molecule has 0 radical (unpaired) electrons. The third-order valence-corrected chi connectivity index (χ3v) is 5.92. The molecule has 13 heteroatoms. The van der Waals surface area contributed by atoms with E-state index < -0.39 is 24.6 Å². The number of nitrogens with zero attached hydrogens (tertiary/aromatic N) is 5. The molecular formula is C24H24F3N5O5. The molecule has 0 saturated carbocycles. The number of imidazole rings is 1. The van der Waals surface area contributed by atoms with Gasteiger partial charge in [0.05, 0.1) is 6.54 Å². The minimum Gasteiger partial charge on any atom is -0.425 e. The van der Waals surface area contributed by atoms with Gasteiger partial charge < -0.3 is 29.1 Å². The molecule has 196 valence electrons. The van der Waals surface area contributed by atoms with Crippen LogP contribution in [0.5, 0.6) is 17.5 Å². The maximum absolute atomic E-state index is 13.7. The summed E-state index contributed by atoms with van der Waals surface area (Å²) in [4.78, 5) is 25.8. The Bertz CT molecular complexity index is 1310. The highest BCUT2D eigenvalue weighted by atomic mass is 19.4. The van der Waals surface area contributed by atoms with Gasteiger partial charge in [-0.2, -0.15) is 4.98 Å². The van der Waals surface area contributed by atoms with Crippen LogP contribution in [0.25, 0.3) is 0 Å². The number of aliphatic hydroxyl groups excluding tert-OH is 1. The fourth-order valence-corrected chi connectivity index (χ4v) is 4.28. The van der Waals surface area contributed by atoms with E-state index in [9.17, 15) is 23.1 Å². The molecule has 1 amide bonds. The van der Waals surface area contributed by atoms with Gasteiger partial charge in [-0.15, -0.1) is 13.2 Å². The summed E-state index contributed by atoms with van der Waals surface area (Å²) in [6, 6.07) is 6.95. The molecule has 0 aliphatic carbocycles.